The highest BCUT2D eigenvalue weighted by Crippen LogP contribution is 2.79. The fourth-order valence-electron chi connectivity index (χ4n) is 24.7. The lowest BCUT2D eigenvalue weighted by Crippen LogP contribution is -2.66. The predicted molar refractivity (Wildman–Crippen MR) is 313 cm³/mol. The van der Waals surface area contributed by atoms with Gasteiger partial charge in [-0.3, -0.25) is 9.59 Å². The first-order valence-corrected chi connectivity index (χ1v) is 32.7. The lowest BCUT2D eigenvalue weighted by molar-refractivity contribution is -0.249. The standard InChI is InChI=1S/C30H50O2.C30H46O2.C7H11NO2.CH2Cl2/c2*1-19(2)20-10-15-30(18-31)17-16-28(6)21(25(20)30)8-9-23-27(5)13-12-24(32)26(3,4)22(27)11-14-29(23,28)7;9-7-3-5-1-2-6(4-7)8(5)10;2-1-3/h20-25,31-32H,1,8-18H2,2-7H3;18,20-23,25H,1,8-17H2,2-7H3;5-6,10H,1-4H2;1H2/t20-,21+,22-,23+,24-,25+,27-,28+,29+,30+;20-,21+,22-,23+,25+,27-,28+,29+,30+;;/m00../s1. The van der Waals surface area contributed by atoms with Crippen LogP contribution in [0.3, 0.4) is 0 Å². The number of piperidine rings is 1. The molecule has 0 amide bonds. The Labute approximate surface area is 478 Å². The maximum absolute atomic E-state index is 12.9. The molecule has 2 heterocycles. The fraction of sp³-hybridized carbons (Fsp3) is 0.897. The average molecular weight is 1110 g/mol. The summed E-state index contributed by atoms with van der Waals surface area (Å²) in [6.45, 7) is 38.6. The number of carbonyl (C=O) groups excluding carboxylic acids is 3. The molecule has 12 aliphatic rings. The second kappa shape index (κ2) is 20.9. The van der Waals surface area contributed by atoms with E-state index >= 15 is 0 Å². The third-order valence-corrected chi connectivity index (χ3v) is 29.2. The van der Waals surface area contributed by atoms with E-state index in [1.165, 1.54) is 112 Å². The van der Waals surface area contributed by atoms with Crippen molar-refractivity contribution in [2.24, 2.45) is 113 Å². The van der Waals surface area contributed by atoms with Gasteiger partial charge in [0.2, 0.25) is 0 Å². The molecule has 436 valence electrons. The van der Waals surface area contributed by atoms with Crippen molar-refractivity contribution in [3.8, 4) is 0 Å². The summed E-state index contributed by atoms with van der Waals surface area (Å²) in [7, 11) is 0. The van der Waals surface area contributed by atoms with Crippen LogP contribution in [0.15, 0.2) is 24.3 Å². The van der Waals surface area contributed by atoms with E-state index in [0.29, 0.717) is 100 Å². The summed E-state index contributed by atoms with van der Waals surface area (Å²) in [4.78, 5) is 36.4. The first-order valence-electron chi connectivity index (χ1n) is 31.6. The van der Waals surface area contributed by atoms with Crippen LogP contribution in [0.2, 0.25) is 0 Å². The number of carbonyl (C=O) groups is 3. The zero-order valence-corrected chi connectivity index (χ0v) is 52.2. The number of Topliss-reactive ketones (excluding diaryl/α,β-unsaturated/α-hetero) is 2. The molecule has 12 fully saturated rings. The Hall–Kier alpha value is -1.09. The minimum Gasteiger partial charge on any atom is -0.396 e. The van der Waals surface area contributed by atoms with Crippen molar-refractivity contribution in [1.29, 1.82) is 0 Å². The number of alkyl halides is 2. The largest absolute Gasteiger partial charge is 0.396 e. The van der Waals surface area contributed by atoms with Gasteiger partial charge in [-0.2, -0.15) is 5.06 Å². The number of ketones is 2. The number of rotatable bonds is 4. The molecule has 7 nitrogen and oxygen atoms in total. The van der Waals surface area contributed by atoms with Crippen LogP contribution >= 0.6 is 23.2 Å². The minimum absolute atomic E-state index is 0.0290. The van der Waals surface area contributed by atoms with E-state index in [-0.39, 0.29) is 56.0 Å². The van der Waals surface area contributed by atoms with Crippen molar-refractivity contribution in [2.45, 2.75) is 255 Å². The predicted octanol–water partition coefficient (Wildman–Crippen LogP) is 16.4. The Morgan fingerprint density at radius 3 is 1.61 bits per heavy atom. The van der Waals surface area contributed by atoms with Crippen molar-refractivity contribution in [1.82, 2.24) is 5.06 Å². The minimum atomic E-state index is -0.179. The Bertz CT molecular complexity index is 2260. The van der Waals surface area contributed by atoms with Gasteiger partial charge in [0, 0.05) is 48.8 Å². The van der Waals surface area contributed by atoms with Crippen LogP contribution in [-0.2, 0) is 14.4 Å². The highest BCUT2D eigenvalue weighted by atomic mass is 35.5. The molecule has 0 aromatic carbocycles. The molecule has 77 heavy (non-hydrogen) atoms. The maximum atomic E-state index is 12.9. The zero-order valence-electron chi connectivity index (χ0n) is 50.7. The number of aliphatic hydroxyl groups excluding tert-OH is 2. The number of aldehydes is 1. The molecular weight excluding hydrogens is 998 g/mol. The topological polar surface area (TPSA) is 115 Å². The van der Waals surface area contributed by atoms with Crippen molar-refractivity contribution in [3.63, 3.8) is 0 Å². The van der Waals surface area contributed by atoms with Crippen LogP contribution in [-0.4, -0.2) is 68.5 Å². The van der Waals surface area contributed by atoms with Crippen LogP contribution in [0.5, 0.6) is 0 Å². The van der Waals surface area contributed by atoms with Gasteiger partial charge in [-0.1, -0.05) is 93.5 Å². The molecular formula is C68H109Cl2NO6. The number of aliphatic hydroxyl groups is 2. The Balaban J connectivity index is 0.000000152. The van der Waals surface area contributed by atoms with Crippen LogP contribution in [0.1, 0.15) is 237 Å². The molecule has 10 saturated carbocycles. The second-order valence-corrected chi connectivity index (χ2v) is 32.9. The lowest BCUT2D eigenvalue weighted by atomic mass is 9.32. The molecule has 12 rings (SSSR count). The third-order valence-electron chi connectivity index (χ3n) is 29.2. The molecule has 3 N–H and O–H groups in total. The summed E-state index contributed by atoms with van der Waals surface area (Å²) in [6.07, 6.45) is 28.0. The maximum Gasteiger partial charge on any atom is 0.138 e. The smallest absolute Gasteiger partial charge is 0.138 e. The Morgan fingerprint density at radius 2 is 1.08 bits per heavy atom. The summed E-state index contributed by atoms with van der Waals surface area (Å²) in [5.74, 6) is 6.98. The second-order valence-electron chi connectivity index (χ2n) is 32.1. The third kappa shape index (κ3) is 8.87. The summed E-state index contributed by atoms with van der Waals surface area (Å²) >= 11 is 9.53. The van der Waals surface area contributed by atoms with Gasteiger partial charge in [0.25, 0.3) is 0 Å². The van der Waals surface area contributed by atoms with Crippen LogP contribution in [0, 0.1) is 113 Å². The van der Waals surface area contributed by atoms with Gasteiger partial charge in [0.15, 0.2) is 0 Å². The number of allylic oxidation sites excluding steroid dienone is 2. The first kappa shape index (κ1) is 60.5. The van der Waals surface area contributed by atoms with Crippen molar-refractivity contribution < 1.29 is 29.8 Å². The van der Waals surface area contributed by atoms with Crippen molar-refractivity contribution in [2.75, 3.05) is 11.9 Å². The van der Waals surface area contributed by atoms with Gasteiger partial charge in [-0.25, -0.2) is 0 Å². The molecule has 10 aliphatic carbocycles. The van der Waals surface area contributed by atoms with Gasteiger partial charge >= 0.3 is 0 Å². The quantitative estimate of drug-likeness (QED) is 0.146. The summed E-state index contributed by atoms with van der Waals surface area (Å²) < 4.78 is 0. The van der Waals surface area contributed by atoms with Gasteiger partial charge in [-0.05, 0) is 251 Å². The monoisotopic (exact) mass is 1110 g/mol. The van der Waals surface area contributed by atoms with Gasteiger partial charge in [0.05, 0.1) is 11.4 Å². The Kier molecular flexibility index (Phi) is 16.4. The Morgan fingerprint density at radius 1 is 0.584 bits per heavy atom. The van der Waals surface area contributed by atoms with E-state index < -0.39 is 0 Å². The fourth-order valence-corrected chi connectivity index (χ4v) is 24.7. The van der Waals surface area contributed by atoms with Crippen LogP contribution in [0.25, 0.3) is 0 Å². The SMILES string of the molecule is C=C(C)[C@@H]1CC[C@]2(C=O)CC[C@]3(C)[C@H](CC[C@@H]4[C@@]5(C)CCC(=O)C(C)(C)[C@@H]5CC[C@]43C)[C@@H]12.C=C(C)[C@@H]1CC[C@]2(CO)CC[C@]3(C)[C@H](CC[C@@H]4[C@@]5(C)CC[C@H](O)C(C)(C)[C@@H]5CC[C@]43C)[C@@H]12.ClCCl.O=C1CC2CCC(C1)N2O. The summed E-state index contributed by atoms with van der Waals surface area (Å²) in [5, 5.41) is 32.4. The van der Waals surface area contributed by atoms with Crippen LogP contribution in [0.4, 0.5) is 0 Å². The van der Waals surface area contributed by atoms with E-state index in [2.05, 4.69) is 96.2 Å². The van der Waals surface area contributed by atoms with Crippen LogP contribution < -0.4 is 0 Å². The molecule has 21 atom stereocenters. The molecule has 2 unspecified atom stereocenters. The van der Waals surface area contributed by atoms with E-state index in [1.54, 1.807) is 0 Å². The molecule has 0 radical (unpaired) electrons. The number of halogens is 2. The number of hydrogen-bond acceptors (Lipinski definition) is 7. The van der Waals surface area contributed by atoms with E-state index in [0.717, 1.165) is 63.2 Å². The van der Waals surface area contributed by atoms with Crippen molar-refractivity contribution >= 4 is 41.1 Å². The molecule has 2 bridgehead atoms. The van der Waals surface area contributed by atoms with E-state index in [4.69, 9.17) is 23.2 Å². The normalized spacial score (nSPS) is 51.5. The molecule has 0 aromatic rings. The number of nitrogens with zero attached hydrogens (tertiary/aromatic N) is 1. The van der Waals surface area contributed by atoms with E-state index in [1.807, 2.05) is 0 Å². The van der Waals surface area contributed by atoms with Gasteiger partial charge in [0.1, 0.15) is 17.9 Å². The molecule has 9 heteroatoms. The number of hydroxylamine groups is 2. The van der Waals surface area contributed by atoms with E-state index in [9.17, 15) is 29.8 Å². The molecule has 0 aromatic heterocycles. The van der Waals surface area contributed by atoms with Gasteiger partial charge < -0.3 is 20.2 Å². The summed E-state index contributed by atoms with van der Waals surface area (Å²) in [5.41, 5.74) is 4.47. The highest BCUT2D eigenvalue weighted by molar-refractivity contribution is 6.40. The summed E-state index contributed by atoms with van der Waals surface area (Å²) in [6, 6.07) is 0.289. The number of fused-ring (bicyclic) bond motifs is 16. The average Bonchev–Trinajstić information content (AvgIpc) is 4.21. The zero-order chi connectivity index (χ0) is 56.5. The van der Waals surface area contributed by atoms with Gasteiger partial charge in [-0.15, -0.1) is 23.2 Å². The lowest BCUT2D eigenvalue weighted by Gasteiger charge is -2.73. The highest BCUT2D eigenvalue weighted by Gasteiger charge is 2.73. The molecule has 2 aliphatic heterocycles. The first-order chi connectivity index (χ1) is 35.9. The molecule has 0 spiro atoms. The van der Waals surface area contributed by atoms with Crippen molar-refractivity contribution in [3.05, 3.63) is 24.3 Å². The molecule has 2 saturated heterocycles. The number of hydrogen-bond donors (Lipinski definition) is 3.